The largest absolute Gasteiger partial charge is 0.392 e. The number of rotatable bonds is 4. The minimum atomic E-state index is -0.418. The molecule has 1 aliphatic rings. The number of aromatic nitrogens is 5. The minimum absolute atomic E-state index is 0.127. The molecule has 8 nitrogen and oxygen atoms in total. The van der Waals surface area contributed by atoms with Crippen LogP contribution in [-0.4, -0.2) is 47.7 Å². The zero-order valence-corrected chi connectivity index (χ0v) is 12.9. The van der Waals surface area contributed by atoms with Gasteiger partial charge in [-0.15, -0.1) is 0 Å². The lowest BCUT2D eigenvalue weighted by atomic mass is 10.2. The normalized spacial score (nSPS) is 21.2. The van der Waals surface area contributed by atoms with Crippen LogP contribution in [0.15, 0.2) is 47.6 Å². The summed E-state index contributed by atoms with van der Waals surface area (Å²) in [6.07, 6.45) is 8.46. The first-order valence-electron chi connectivity index (χ1n) is 7.70. The van der Waals surface area contributed by atoms with Crippen LogP contribution in [-0.2, 0) is 6.54 Å². The van der Waals surface area contributed by atoms with Crippen LogP contribution in [0.3, 0.4) is 0 Å². The highest BCUT2D eigenvalue weighted by atomic mass is 16.5. The molecule has 1 saturated heterocycles. The lowest BCUT2D eigenvalue weighted by Crippen LogP contribution is -2.24. The lowest BCUT2D eigenvalue weighted by molar-refractivity contribution is 0.169. The van der Waals surface area contributed by atoms with Crippen molar-refractivity contribution in [3.05, 3.63) is 54.6 Å². The monoisotopic (exact) mass is 324 g/mol. The number of aliphatic hydroxyl groups is 1. The van der Waals surface area contributed by atoms with Gasteiger partial charge >= 0.3 is 0 Å². The average molecular weight is 324 g/mol. The number of aliphatic hydroxyl groups excluding tert-OH is 1. The van der Waals surface area contributed by atoms with E-state index in [-0.39, 0.29) is 6.04 Å². The fraction of sp³-hybridized carbons (Fsp3) is 0.312. The van der Waals surface area contributed by atoms with E-state index in [2.05, 4.69) is 30.0 Å². The highest BCUT2D eigenvalue weighted by molar-refractivity contribution is 5.45. The maximum Gasteiger partial charge on any atom is 0.244 e. The van der Waals surface area contributed by atoms with Crippen molar-refractivity contribution in [3.63, 3.8) is 0 Å². The first kappa shape index (κ1) is 14.9. The third-order valence-electron chi connectivity index (χ3n) is 4.01. The summed E-state index contributed by atoms with van der Waals surface area (Å²) >= 11 is 0. The van der Waals surface area contributed by atoms with E-state index in [1.807, 2.05) is 18.3 Å². The third-order valence-corrected chi connectivity index (χ3v) is 4.01. The second-order valence-corrected chi connectivity index (χ2v) is 5.74. The lowest BCUT2D eigenvalue weighted by Gasteiger charge is -2.20. The molecule has 0 spiro atoms. The fourth-order valence-electron chi connectivity index (χ4n) is 2.93. The minimum Gasteiger partial charge on any atom is -0.392 e. The van der Waals surface area contributed by atoms with E-state index in [1.54, 1.807) is 24.8 Å². The summed E-state index contributed by atoms with van der Waals surface area (Å²) in [5, 5.41) is 14.1. The molecule has 4 rings (SSSR count). The van der Waals surface area contributed by atoms with Crippen molar-refractivity contribution in [2.24, 2.45) is 0 Å². The topological polar surface area (TPSA) is 101 Å². The molecule has 1 fully saturated rings. The van der Waals surface area contributed by atoms with Crippen LogP contribution >= 0.6 is 0 Å². The summed E-state index contributed by atoms with van der Waals surface area (Å²) in [7, 11) is 0. The Morgan fingerprint density at radius 2 is 2.12 bits per heavy atom. The molecule has 2 unspecified atom stereocenters. The molecule has 0 saturated carbocycles. The maximum atomic E-state index is 10.1. The van der Waals surface area contributed by atoms with Gasteiger partial charge in [0.2, 0.25) is 11.7 Å². The van der Waals surface area contributed by atoms with Crippen molar-refractivity contribution in [3.8, 4) is 11.5 Å². The van der Waals surface area contributed by atoms with Gasteiger partial charge in [-0.05, 0) is 18.1 Å². The van der Waals surface area contributed by atoms with Gasteiger partial charge in [0.05, 0.1) is 18.3 Å². The van der Waals surface area contributed by atoms with Gasteiger partial charge in [-0.2, -0.15) is 4.98 Å². The van der Waals surface area contributed by atoms with Gasteiger partial charge in [-0.3, -0.25) is 14.9 Å². The molecule has 0 aliphatic carbocycles. The molecule has 0 amide bonds. The van der Waals surface area contributed by atoms with Gasteiger partial charge in [0.15, 0.2) is 0 Å². The molecule has 3 aromatic heterocycles. The van der Waals surface area contributed by atoms with E-state index in [4.69, 9.17) is 4.52 Å². The number of hydrogen-bond acceptors (Lipinski definition) is 8. The number of hydrogen-bond donors (Lipinski definition) is 1. The van der Waals surface area contributed by atoms with Crippen LogP contribution in [0.4, 0.5) is 0 Å². The van der Waals surface area contributed by atoms with Crippen molar-refractivity contribution in [2.75, 3.05) is 6.54 Å². The van der Waals surface area contributed by atoms with E-state index in [9.17, 15) is 5.11 Å². The zero-order chi connectivity index (χ0) is 16.4. The Bertz CT molecular complexity index is 795. The molecule has 1 aliphatic heterocycles. The first-order valence-corrected chi connectivity index (χ1v) is 7.70. The summed E-state index contributed by atoms with van der Waals surface area (Å²) < 4.78 is 5.42. The molecular formula is C16H16N6O2. The molecule has 0 aromatic carbocycles. The summed E-state index contributed by atoms with van der Waals surface area (Å²) in [4.78, 5) is 18.9. The number of likely N-dealkylation sites (tertiary alicyclic amines) is 1. The molecule has 24 heavy (non-hydrogen) atoms. The molecule has 4 heterocycles. The summed E-state index contributed by atoms with van der Waals surface area (Å²) in [6.45, 7) is 1.22. The molecular weight excluding hydrogens is 308 g/mol. The van der Waals surface area contributed by atoms with E-state index in [1.165, 1.54) is 0 Å². The van der Waals surface area contributed by atoms with E-state index in [0.29, 0.717) is 36.9 Å². The molecule has 8 heteroatoms. The third kappa shape index (κ3) is 3.01. The zero-order valence-electron chi connectivity index (χ0n) is 12.9. The Kier molecular flexibility index (Phi) is 3.97. The first-order chi connectivity index (χ1) is 11.8. The predicted molar refractivity (Wildman–Crippen MR) is 83.3 cm³/mol. The van der Waals surface area contributed by atoms with Crippen molar-refractivity contribution in [1.29, 1.82) is 0 Å². The van der Waals surface area contributed by atoms with Gasteiger partial charge in [-0.25, -0.2) is 4.98 Å². The van der Waals surface area contributed by atoms with Gasteiger partial charge in [-0.1, -0.05) is 11.2 Å². The smallest absolute Gasteiger partial charge is 0.244 e. The van der Waals surface area contributed by atoms with Crippen molar-refractivity contribution >= 4 is 0 Å². The van der Waals surface area contributed by atoms with Crippen molar-refractivity contribution in [1.82, 2.24) is 30.0 Å². The van der Waals surface area contributed by atoms with Crippen LogP contribution in [0.1, 0.15) is 23.9 Å². The van der Waals surface area contributed by atoms with Gasteiger partial charge < -0.3 is 9.63 Å². The SMILES string of the molecule is OC1CC(c2nc(-c3cnccn3)no2)N(Cc2cccnc2)C1. The Morgan fingerprint density at radius 3 is 2.92 bits per heavy atom. The van der Waals surface area contributed by atoms with Crippen LogP contribution in [0, 0.1) is 0 Å². The van der Waals surface area contributed by atoms with Crippen LogP contribution < -0.4 is 0 Å². The quantitative estimate of drug-likeness (QED) is 0.764. The van der Waals surface area contributed by atoms with E-state index in [0.717, 1.165) is 5.56 Å². The Balaban J connectivity index is 1.57. The molecule has 2 atom stereocenters. The standard InChI is InChI=1S/C16H16N6O2/c23-12-6-14(22(10-12)9-11-2-1-3-17-7-11)16-20-15(21-24-16)13-8-18-4-5-19-13/h1-5,7-8,12,14,23H,6,9-10H2. The van der Waals surface area contributed by atoms with E-state index < -0.39 is 6.10 Å². The number of β-amino-alcohol motifs (C(OH)–C–C–N with tert-alkyl or cyclic N) is 1. The Hall–Kier alpha value is -2.71. The average Bonchev–Trinajstić information content (AvgIpc) is 3.23. The highest BCUT2D eigenvalue weighted by Crippen LogP contribution is 2.33. The van der Waals surface area contributed by atoms with Crippen molar-refractivity contribution < 1.29 is 9.63 Å². The van der Waals surface area contributed by atoms with Gasteiger partial charge in [0, 0.05) is 37.9 Å². The molecule has 122 valence electrons. The Morgan fingerprint density at radius 1 is 1.21 bits per heavy atom. The second-order valence-electron chi connectivity index (χ2n) is 5.74. The highest BCUT2D eigenvalue weighted by Gasteiger charge is 2.36. The molecule has 3 aromatic rings. The summed E-state index contributed by atoms with van der Waals surface area (Å²) in [6, 6.07) is 3.78. The predicted octanol–water partition coefficient (Wildman–Crippen LogP) is 1.23. The second kappa shape index (κ2) is 6.42. The summed E-state index contributed by atoms with van der Waals surface area (Å²) in [5.74, 6) is 0.886. The van der Waals surface area contributed by atoms with E-state index >= 15 is 0 Å². The van der Waals surface area contributed by atoms with Gasteiger partial charge in [0.1, 0.15) is 5.69 Å². The molecule has 1 N–H and O–H groups in total. The fourth-order valence-corrected chi connectivity index (χ4v) is 2.93. The van der Waals surface area contributed by atoms with Crippen LogP contribution in [0.25, 0.3) is 11.5 Å². The summed E-state index contributed by atoms with van der Waals surface area (Å²) in [5.41, 5.74) is 1.63. The number of nitrogens with zero attached hydrogens (tertiary/aromatic N) is 6. The molecule has 0 radical (unpaired) electrons. The molecule has 0 bridgehead atoms. The van der Waals surface area contributed by atoms with Crippen LogP contribution in [0.2, 0.25) is 0 Å². The van der Waals surface area contributed by atoms with Crippen LogP contribution in [0.5, 0.6) is 0 Å². The maximum absolute atomic E-state index is 10.1. The number of pyridine rings is 1. The van der Waals surface area contributed by atoms with Gasteiger partial charge in [0.25, 0.3) is 0 Å². The van der Waals surface area contributed by atoms with Crippen molar-refractivity contribution in [2.45, 2.75) is 25.1 Å². The Labute approximate surface area is 138 Å².